The third-order valence-corrected chi connectivity index (χ3v) is 3.98. The average Bonchev–Trinajstić information content (AvgIpc) is 3.20. The summed E-state index contributed by atoms with van der Waals surface area (Å²) in [6.07, 6.45) is 2.43. The van der Waals surface area contributed by atoms with Gasteiger partial charge in [0.05, 0.1) is 36.5 Å². The number of hydrogen-bond donors (Lipinski definition) is 2. The summed E-state index contributed by atoms with van der Waals surface area (Å²) in [6.45, 7) is 1.78. The van der Waals surface area contributed by atoms with Gasteiger partial charge in [-0.25, -0.2) is 14.2 Å². The van der Waals surface area contributed by atoms with Crippen molar-refractivity contribution in [3.63, 3.8) is 0 Å². The van der Waals surface area contributed by atoms with E-state index in [1.165, 1.54) is 28.8 Å². The molecule has 1 aliphatic heterocycles. The van der Waals surface area contributed by atoms with Crippen molar-refractivity contribution >= 4 is 17.7 Å². The SMILES string of the molecule is CC(=O)NCC1CN(c2ccc(-n3cnc(CCO)c3)c(F)c2)C(=O)O1. The highest BCUT2D eigenvalue weighted by Crippen LogP contribution is 2.25. The molecule has 1 atom stereocenters. The first-order chi connectivity index (χ1) is 12.5. The number of carbonyl (C=O) groups is 2. The lowest BCUT2D eigenvalue weighted by Crippen LogP contribution is -2.33. The summed E-state index contributed by atoms with van der Waals surface area (Å²) in [5.41, 5.74) is 1.31. The van der Waals surface area contributed by atoms with Crippen LogP contribution in [-0.2, 0) is 16.0 Å². The van der Waals surface area contributed by atoms with Crippen LogP contribution in [0.5, 0.6) is 0 Å². The predicted molar refractivity (Wildman–Crippen MR) is 90.6 cm³/mol. The standard InChI is InChI=1S/C17H19FN4O4/c1-11(24)19-7-14-9-22(17(25)26-14)13-2-3-16(15(18)6-13)21-8-12(4-5-23)20-10-21/h2-3,6,8,10,14,23H,4-5,7,9H2,1H3,(H,19,24). The van der Waals surface area contributed by atoms with Gasteiger partial charge in [-0.05, 0) is 18.2 Å². The molecule has 138 valence electrons. The minimum atomic E-state index is -0.583. The van der Waals surface area contributed by atoms with Gasteiger partial charge in [-0.1, -0.05) is 0 Å². The monoisotopic (exact) mass is 362 g/mol. The predicted octanol–water partition coefficient (Wildman–Crippen LogP) is 1.01. The summed E-state index contributed by atoms with van der Waals surface area (Å²) in [4.78, 5) is 28.4. The molecule has 2 N–H and O–H groups in total. The molecule has 0 bridgehead atoms. The first-order valence-electron chi connectivity index (χ1n) is 8.14. The minimum absolute atomic E-state index is 0.0326. The van der Waals surface area contributed by atoms with Crippen molar-refractivity contribution in [2.24, 2.45) is 0 Å². The molecule has 1 aromatic heterocycles. The minimum Gasteiger partial charge on any atom is -0.442 e. The largest absolute Gasteiger partial charge is 0.442 e. The molecule has 0 spiro atoms. The van der Waals surface area contributed by atoms with Gasteiger partial charge in [0.2, 0.25) is 5.91 Å². The number of amides is 2. The molecule has 26 heavy (non-hydrogen) atoms. The summed E-state index contributed by atoms with van der Waals surface area (Å²) < 4.78 is 21.2. The molecule has 1 fully saturated rings. The Balaban J connectivity index is 1.74. The van der Waals surface area contributed by atoms with E-state index < -0.39 is 18.0 Å². The number of ether oxygens (including phenoxy) is 1. The topological polar surface area (TPSA) is 96.7 Å². The van der Waals surface area contributed by atoms with Gasteiger partial charge in [0.25, 0.3) is 0 Å². The number of cyclic esters (lactones) is 1. The van der Waals surface area contributed by atoms with E-state index in [-0.39, 0.29) is 31.3 Å². The molecule has 2 amide bonds. The number of aliphatic hydroxyl groups is 1. The van der Waals surface area contributed by atoms with E-state index >= 15 is 0 Å². The van der Waals surface area contributed by atoms with Gasteiger partial charge in [0, 0.05) is 26.1 Å². The Bertz CT molecular complexity index is 823. The summed E-state index contributed by atoms with van der Waals surface area (Å²) >= 11 is 0. The Morgan fingerprint density at radius 2 is 2.31 bits per heavy atom. The fourth-order valence-electron chi connectivity index (χ4n) is 2.71. The van der Waals surface area contributed by atoms with Crippen molar-refractivity contribution in [1.82, 2.24) is 14.9 Å². The van der Waals surface area contributed by atoms with Crippen LogP contribution < -0.4 is 10.2 Å². The molecular weight excluding hydrogens is 343 g/mol. The molecule has 1 saturated heterocycles. The molecule has 0 radical (unpaired) electrons. The smallest absolute Gasteiger partial charge is 0.414 e. The van der Waals surface area contributed by atoms with Crippen molar-refractivity contribution in [3.05, 3.63) is 42.2 Å². The zero-order chi connectivity index (χ0) is 18.7. The van der Waals surface area contributed by atoms with E-state index in [1.54, 1.807) is 18.3 Å². The highest BCUT2D eigenvalue weighted by molar-refractivity contribution is 5.90. The van der Waals surface area contributed by atoms with Crippen molar-refractivity contribution < 1.29 is 23.8 Å². The van der Waals surface area contributed by atoms with Crippen LogP contribution in [0.3, 0.4) is 0 Å². The van der Waals surface area contributed by atoms with E-state index in [2.05, 4.69) is 10.3 Å². The van der Waals surface area contributed by atoms with Gasteiger partial charge in [0.1, 0.15) is 11.9 Å². The lowest BCUT2D eigenvalue weighted by molar-refractivity contribution is -0.119. The van der Waals surface area contributed by atoms with Crippen molar-refractivity contribution in [3.8, 4) is 5.69 Å². The average molecular weight is 362 g/mol. The zero-order valence-electron chi connectivity index (χ0n) is 14.2. The Hall–Kier alpha value is -2.94. The number of rotatable bonds is 6. The van der Waals surface area contributed by atoms with E-state index in [1.807, 2.05) is 0 Å². The highest BCUT2D eigenvalue weighted by Gasteiger charge is 2.32. The number of nitrogens with zero attached hydrogens (tertiary/aromatic N) is 3. The summed E-state index contributed by atoms with van der Waals surface area (Å²) in [6, 6.07) is 4.42. The first kappa shape index (κ1) is 17.9. The van der Waals surface area contributed by atoms with Gasteiger partial charge in [0.15, 0.2) is 0 Å². The van der Waals surface area contributed by atoms with Gasteiger partial charge in [-0.2, -0.15) is 0 Å². The molecule has 2 aromatic rings. The summed E-state index contributed by atoms with van der Waals surface area (Å²) in [5.74, 6) is -0.732. The van der Waals surface area contributed by atoms with Gasteiger partial charge in [-0.15, -0.1) is 0 Å². The lowest BCUT2D eigenvalue weighted by atomic mass is 10.2. The second kappa shape index (κ2) is 7.52. The van der Waals surface area contributed by atoms with Crippen LogP contribution in [0.25, 0.3) is 5.69 Å². The van der Waals surface area contributed by atoms with E-state index in [0.717, 1.165) is 0 Å². The number of nitrogens with one attached hydrogen (secondary N) is 1. The molecule has 1 unspecified atom stereocenters. The van der Waals surface area contributed by atoms with Crippen LogP contribution in [-0.4, -0.2) is 52.5 Å². The van der Waals surface area contributed by atoms with Crippen LogP contribution in [0.15, 0.2) is 30.7 Å². The fourth-order valence-corrected chi connectivity index (χ4v) is 2.71. The molecule has 2 heterocycles. The Morgan fingerprint density at radius 1 is 1.50 bits per heavy atom. The fraction of sp³-hybridized carbons (Fsp3) is 0.353. The van der Waals surface area contributed by atoms with Crippen LogP contribution in [0, 0.1) is 5.82 Å². The molecule has 0 saturated carbocycles. The van der Waals surface area contributed by atoms with E-state index in [0.29, 0.717) is 17.8 Å². The number of benzene rings is 1. The second-order valence-electron chi connectivity index (χ2n) is 5.94. The van der Waals surface area contributed by atoms with Crippen LogP contribution in [0.2, 0.25) is 0 Å². The molecule has 8 nitrogen and oxygen atoms in total. The number of imidazole rings is 1. The van der Waals surface area contributed by atoms with Crippen molar-refractivity contribution in [2.75, 3.05) is 24.6 Å². The van der Waals surface area contributed by atoms with E-state index in [9.17, 15) is 14.0 Å². The molecule has 3 rings (SSSR count). The normalized spacial score (nSPS) is 16.7. The quantitative estimate of drug-likeness (QED) is 0.799. The number of aliphatic hydroxyl groups excluding tert-OH is 1. The van der Waals surface area contributed by atoms with Gasteiger partial charge in [-0.3, -0.25) is 9.69 Å². The Kier molecular flexibility index (Phi) is 5.17. The molecule has 1 aliphatic rings. The molecule has 1 aromatic carbocycles. The van der Waals surface area contributed by atoms with Gasteiger partial charge < -0.3 is 19.7 Å². The number of hydrogen-bond acceptors (Lipinski definition) is 5. The maximum atomic E-state index is 14.5. The lowest BCUT2D eigenvalue weighted by Gasteiger charge is -2.14. The van der Waals surface area contributed by atoms with Crippen LogP contribution in [0.4, 0.5) is 14.9 Å². The van der Waals surface area contributed by atoms with Crippen molar-refractivity contribution in [2.45, 2.75) is 19.4 Å². The maximum Gasteiger partial charge on any atom is 0.414 e. The Morgan fingerprint density at radius 3 is 3.00 bits per heavy atom. The maximum absolute atomic E-state index is 14.5. The third kappa shape index (κ3) is 3.83. The molecule has 0 aliphatic carbocycles. The highest BCUT2D eigenvalue weighted by atomic mass is 19.1. The summed E-state index contributed by atoms with van der Waals surface area (Å²) in [5, 5.41) is 11.5. The van der Waals surface area contributed by atoms with Gasteiger partial charge >= 0.3 is 6.09 Å². The molecule has 9 heteroatoms. The molecular formula is C17H19FN4O4. The number of aromatic nitrogens is 2. The Labute approximate surface area is 149 Å². The van der Waals surface area contributed by atoms with Crippen LogP contribution >= 0.6 is 0 Å². The summed E-state index contributed by atoms with van der Waals surface area (Å²) in [7, 11) is 0. The zero-order valence-corrected chi connectivity index (χ0v) is 14.2. The van der Waals surface area contributed by atoms with Crippen molar-refractivity contribution in [1.29, 1.82) is 0 Å². The van der Waals surface area contributed by atoms with E-state index in [4.69, 9.17) is 9.84 Å². The first-order valence-corrected chi connectivity index (χ1v) is 8.14. The van der Waals surface area contributed by atoms with Crippen LogP contribution in [0.1, 0.15) is 12.6 Å². The third-order valence-electron chi connectivity index (χ3n) is 3.98. The number of halogens is 1. The number of anilines is 1. The second-order valence-corrected chi connectivity index (χ2v) is 5.94. The number of carbonyl (C=O) groups excluding carboxylic acids is 2.